The van der Waals surface area contributed by atoms with Gasteiger partial charge in [0.05, 0.1) is 17.6 Å². The Hall–Kier alpha value is -1.88. The van der Waals surface area contributed by atoms with Crippen molar-refractivity contribution in [2.75, 3.05) is 6.61 Å². The number of hydrogen-bond donors (Lipinski definition) is 1. The molecule has 1 aromatic heterocycles. The average Bonchev–Trinajstić information content (AvgIpc) is 3.03. The lowest BCUT2D eigenvalue weighted by Gasteiger charge is -2.12. The van der Waals surface area contributed by atoms with Crippen molar-refractivity contribution in [1.82, 2.24) is 4.98 Å². The number of carboxylic acid groups (broad SMARTS) is 1. The first-order valence-electron chi connectivity index (χ1n) is 6.44. The van der Waals surface area contributed by atoms with Crippen molar-refractivity contribution in [3.05, 3.63) is 29.7 Å². The minimum atomic E-state index is -0.963. The van der Waals surface area contributed by atoms with Gasteiger partial charge >= 0.3 is 5.97 Å². The van der Waals surface area contributed by atoms with Crippen molar-refractivity contribution >= 4 is 17.1 Å². The molecule has 0 spiro atoms. The molecule has 1 fully saturated rings. The second kappa shape index (κ2) is 4.66. The van der Waals surface area contributed by atoms with Crippen LogP contribution in [0.15, 0.2) is 22.6 Å². The number of fused-ring (bicyclic) bond motifs is 1. The molecule has 0 radical (unpaired) electrons. The third-order valence-electron chi connectivity index (χ3n) is 3.58. The van der Waals surface area contributed by atoms with E-state index in [1.54, 1.807) is 12.1 Å². The van der Waals surface area contributed by atoms with E-state index in [0.717, 1.165) is 19.4 Å². The van der Waals surface area contributed by atoms with E-state index in [-0.39, 0.29) is 17.6 Å². The van der Waals surface area contributed by atoms with Gasteiger partial charge in [-0.3, -0.25) is 0 Å². The second-order valence-corrected chi connectivity index (χ2v) is 4.75. The fourth-order valence-electron chi connectivity index (χ4n) is 2.57. The lowest BCUT2D eigenvalue weighted by molar-refractivity contribution is 0.0697. The Morgan fingerprint density at radius 2 is 2.37 bits per heavy atom. The first kappa shape index (κ1) is 12.2. The number of benzene rings is 1. The second-order valence-electron chi connectivity index (χ2n) is 4.75. The molecule has 1 saturated heterocycles. The molecule has 1 aliphatic heterocycles. The molecule has 2 aromatic rings. The van der Waals surface area contributed by atoms with Gasteiger partial charge in [0.15, 0.2) is 5.58 Å². The van der Waals surface area contributed by atoms with E-state index >= 15 is 0 Å². The summed E-state index contributed by atoms with van der Waals surface area (Å²) in [5.74, 6) is -0.136. The molecule has 3 rings (SSSR count). The molecule has 2 unspecified atom stereocenters. The first-order chi connectivity index (χ1) is 9.19. The van der Waals surface area contributed by atoms with E-state index < -0.39 is 5.97 Å². The summed E-state index contributed by atoms with van der Waals surface area (Å²) in [5, 5.41) is 8.96. The lowest BCUT2D eigenvalue weighted by Crippen LogP contribution is -2.12. The zero-order valence-corrected chi connectivity index (χ0v) is 10.6. The summed E-state index contributed by atoms with van der Waals surface area (Å²) >= 11 is 0. The van der Waals surface area contributed by atoms with Gasteiger partial charge in [0.25, 0.3) is 0 Å². The number of carbonyl (C=O) groups is 1. The molecule has 5 heteroatoms. The van der Waals surface area contributed by atoms with Crippen molar-refractivity contribution < 1.29 is 19.1 Å². The Bertz CT molecular complexity index is 619. The van der Waals surface area contributed by atoms with Crippen molar-refractivity contribution in [1.29, 1.82) is 0 Å². The molecular weight excluding hydrogens is 246 g/mol. The van der Waals surface area contributed by atoms with Crippen LogP contribution in [-0.2, 0) is 4.74 Å². The molecule has 100 valence electrons. The lowest BCUT2D eigenvalue weighted by atomic mass is 10.00. The molecule has 0 aliphatic carbocycles. The number of aromatic nitrogens is 1. The Balaban J connectivity index is 1.99. The van der Waals surface area contributed by atoms with Crippen LogP contribution < -0.4 is 0 Å². The first-order valence-corrected chi connectivity index (χ1v) is 6.44. The molecule has 2 atom stereocenters. The highest BCUT2D eigenvalue weighted by Crippen LogP contribution is 2.34. The van der Waals surface area contributed by atoms with Gasteiger partial charge in [-0.25, -0.2) is 9.78 Å². The summed E-state index contributed by atoms with van der Waals surface area (Å²) in [6, 6.07) is 4.74. The summed E-state index contributed by atoms with van der Waals surface area (Å²) in [5.41, 5.74) is 1.43. The van der Waals surface area contributed by atoms with Gasteiger partial charge in [-0.15, -0.1) is 0 Å². The van der Waals surface area contributed by atoms with Crippen LogP contribution in [0, 0.1) is 0 Å². The van der Waals surface area contributed by atoms with Gasteiger partial charge in [0.2, 0.25) is 5.89 Å². The maximum atomic E-state index is 10.9. The molecule has 2 heterocycles. The van der Waals surface area contributed by atoms with Crippen LogP contribution in [0.5, 0.6) is 0 Å². The number of oxazole rings is 1. The summed E-state index contributed by atoms with van der Waals surface area (Å²) in [7, 11) is 0. The highest BCUT2D eigenvalue weighted by atomic mass is 16.5. The van der Waals surface area contributed by atoms with Crippen molar-refractivity contribution in [3.63, 3.8) is 0 Å². The maximum Gasteiger partial charge on any atom is 0.335 e. The van der Waals surface area contributed by atoms with E-state index in [0.29, 0.717) is 17.0 Å². The van der Waals surface area contributed by atoms with Gasteiger partial charge in [-0.2, -0.15) is 0 Å². The summed E-state index contributed by atoms with van der Waals surface area (Å²) < 4.78 is 11.4. The highest BCUT2D eigenvalue weighted by molar-refractivity contribution is 5.91. The minimum absolute atomic E-state index is 0.145. The average molecular weight is 261 g/mol. The van der Waals surface area contributed by atoms with E-state index in [9.17, 15) is 4.79 Å². The fraction of sp³-hybridized carbons (Fsp3) is 0.429. The van der Waals surface area contributed by atoms with Gasteiger partial charge in [-0.1, -0.05) is 6.92 Å². The third kappa shape index (κ3) is 2.10. The van der Waals surface area contributed by atoms with Crippen molar-refractivity contribution in [2.24, 2.45) is 0 Å². The Morgan fingerprint density at radius 1 is 1.53 bits per heavy atom. The molecular formula is C14H15NO4. The van der Waals surface area contributed by atoms with Gasteiger partial charge in [0, 0.05) is 6.61 Å². The normalized spacial score (nSPS) is 23.0. The summed E-state index contributed by atoms with van der Waals surface area (Å²) in [4.78, 5) is 15.4. The van der Waals surface area contributed by atoms with E-state index in [1.807, 2.05) is 0 Å². The standard InChI is InChI=1S/C14H15NO4/c1-2-11-9(5-6-18-11)13-15-10-4-3-8(14(16)17)7-12(10)19-13/h3-4,7,9,11H,2,5-6H2,1H3,(H,16,17). The predicted molar refractivity (Wildman–Crippen MR) is 68.4 cm³/mol. The number of aromatic carboxylic acids is 1. The SMILES string of the molecule is CCC1OCCC1c1nc2ccc(C(=O)O)cc2o1. The van der Waals surface area contributed by atoms with Crippen molar-refractivity contribution in [2.45, 2.75) is 31.8 Å². The molecule has 1 aromatic carbocycles. The number of ether oxygens (including phenoxy) is 1. The molecule has 1 N–H and O–H groups in total. The Kier molecular flexibility index (Phi) is 2.98. The molecule has 0 saturated carbocycles. The number of carboxylic acids is 1. The Morgan fingerprint density at radius 3 is 3.11 bits per heavy atom. The summed E-state index contributed by atoms with van der Waals surface area (Å²) in [6.45, 7) is 2.80. The monoisotopic (exact) mass is 261 g/mol. The van der Waals surface area contributed by atoms with Gasteiger partial charge < -0.3 is 14.3 Å². The maximum absolute atomic E-state index is 10.9. The van der Waals surface area contributed by atoms with E-state index in [2.05, 4.69) is 11.9 Å². The van der Waals surface area contributed by atoms with Gasteiger partial charge in [0.1, 0.15) is 5.52 Å². The van der Waals surface area contributed by atoms with Gasteiger partial charge in [-0.05, 0) is 31.0 Å². The number of hydrogen-bond acceptors (Lipinski definition) is 4. The van der Waals surface area contributed by atoms with Crippen LogP contribution in [0.3, 0.4) is 0 Å². The Labute approximate surface area is 110 Å². The van der Waals surface area contributed by atoms with Crippen LogP contribution in [0.2, 0.25) is 0 Å². The minimum Gasteiger partial charge on any atom is -0.478 e. The van der Waals surface area contributed by atoms with E-state index in [4.69, 9.17) is 14.3 Å². The molecule has 5 nitrogen and oxygen atoms in total. The molecule has 0 bridgehead atoms. The topological polar surface area (TPSA) is 72.6 Å². The quantitative estimate of drug-likeness (QED) is 0.919. The van der Waals surface area contributed by atoms with Crippen LogP contribution in [-0.4, -0.2) is 28.8 Å². The predicted octanol–water partition coefficient (Wildman–Crippen LogP) is 2.81. The van der Waals surface area contributed by atoms with Crippen LogP contribution in [0.25, 0.3) is 11.1 Å². The molecule has 0 amide bonds. The zero-order chi connectivity index (χ0) is 13.4. The molecule has 19 heavy (non-hydrogen) atoms. The smallest absolute Gasteiger partial charge is 0.335 e. The van der Waals surface area contributed by atoms with Crippen LogP contribution >= 0.6 is 0 Å². The zero-order valence-electron chi connectivity index (χ0n) is 10.6. The number of nitrogens with zero attached hydrogens (tertiary/aromatic N) is 1. The fourth-order valence-corrected chi connectivity index (χ4v) is 2.57. The van der Waals surface area contributed by atoms with Crippen molar-refractivity contribution in [3.8, 4) is 0 Å². The highest BCUT2D eigenvalue weighted by Gasteiger charge is 2.32. The third-order valence-corrected chi connectivity index (χ3v) is 3.58. The summed E-state index contributed by atoms with van der Waals surface area (Å²) in [6.07, 6.45) is 1.97. The van der Waals surface area contributed by atoms with E-state index in [1.165, 1.54) is 6.07 Å². The van der Waals surface area contributed by atoms with Crippen LogP contribution in [0.1, 0.15) is 41.9 Å². The number of rotatable bonds is 3. The largest absolute Gasteiger partial charge is 0.478 e. The van der Waals surface area contributed by atoms with Crippen LogP contribution in [0.4, 0.5) is 0 Å². The molecule has 1 aliphatic rings.